The summed E-state index contributed by atoms with van der Waals surface area (Å²) in [5, 5.41) is 8.66. The summed E-state index contributed by atoms with van der Waals surface area (Å²) in [5.74, 6) is -0.100. The van der Waals surface area contributed by atoms with Gasteiger partial charge in [-0.15, -0.1) is 0 Å². The van der Waals surface area contributed by atoms with Crippen molar-refractivity contribution in [2.24, 2.45) is 0 Å². The molecule has 5 aromatic carbocycles. The smallest absolute Gasteiger partial charge is 0.408 e. The Morgan fingerprint density at radius 1 is 0.667 bits per heavy atom. The summed E-state index contributed by atoms with van der Waals surface area (Å²) in [6, 6.07) is 32.8. The van der Waals surface area contributed by atoms with Crippen molar-refractivity contribution in [2.45, 2.75) is 43.7 Å². The van der Waals surface area contributed by atoms with Crippen LogP contribution in [0.1, 0.15) is 81.1 Å². The zero-order chi connectivity index (χ0) is 46.6. The van der Waals surface area contributed by atoms with E-state index >= 15 is 0 Å². The van der Waals surface area contributed by atoms with Crippen LogP contribution in [0.3, 0.4) is 0 Å². The van der Waals surface area contributed by atoms with E-state index in [4.69, 9.17) is 23.7 Å². The third-order valence-corrected chi connectivity index (χ3v) is 12.8. The van der Waals surface area contributed by atoms with Gasteiger partial charge in [0.2, 0.25) is 5.91 Å². The SMILES string of the molecule is CCC(CC)(NC(=O)OCC1c2ccccc2-c2ccccc21)C(=O)NCCOCCOCCNC(=O)c1ccc2c(c1)C1(OC2=O)c2ccc(N(C)C)cc2Oc2cc(N(C)C)ccc21. The van der Waals surface area contributed by atoms with Crippen molar-refractivity contribution >= 4 is 35.3 Å². The average molecular weight is 896 g/mol. The van der Waals surface area contributed by atoms with Gasteiger partial charge in [0.25, 0.3) is 5.91 Å². The summed E-state index contributed by atoms with van der Waals surface area (Å²) in [5.41, 5.74) is 6.51. The quantitative estimate of drug-likeness (QED) is 0.0597. The predicted octanol–water partition coefficient (Wildman–Crippen LogP) is 7.36. The number of hydrogen-bond donors (Lipinski definition) is 3. The molecule has 14 heteroatoms. The number of nitrogens with one attached hydrogen (secondary N) is 3. The maximum atomic E-state index is 13.5. The highest BCUT2D eigenvalue weighted by atomic mass is 16.6. The summed E-state index contributed by atoms with van der Waals surface area (Å²) in [6.07, 6.45) is 0.110. The average Bonchev–Trinajstić information content (AvgIpc) is 3.80. The van der Waals surface area contributed by atoms with Crippen molar-refractivity contribution in [3.05, 3.63) is 142 Å². The molecular weight excluding hydrogens is 839 g/mol. The van der Waals surface area contributed by atoms with E-state index in [0.29, 0.717) is 52.2 Å². The van der Waals surface area contributed by atoms with E-state index in [-0.39, 0.29) is 63.9 Å². The first-order valence-corrected chi connectivity index (χ1v) is 22.4. The van der Waals surface area contributed by atoms with E-state index in [9.17, 15) is 19.2 Å². The number of nitrogens with zero attached hydrogens (tertiary/aromatic N) is 2. The number of fused-ring (bicyclic) bond motifs is 9. The van der Waals surface area contributed by atoms with Gasteiger partial charge in [0.1, 0.15) is 23.6 Å². The number of amides is 3. The maximum absolute atomic E-state index is 13.5. The minimum atomic E-state index is -1.33. The monoisotopic (exact) mass is 895 g/mol. The molecule has 5 aromatic rings. The molecule has 0 aromatic heterocycles. The van der Waals surface area contributed by atoms with Crippen LogP contribution < -0.4 is 30.5 Å². The van der Waals surface area contributed by atoms with E-state index in [1.807, 2.05) is 113 Å². The molecule has 0 atom stereocenters. The van der Waals surface area contributed by atoms with Crippen LogP contribution in [0.2, 0.25) is 0 Å². The number of hydrogen-bond acceptors (Lipinski definition) is 11. The van der Waals surface area contributed by atoms with Gasteiger partial charge in [0, 0.05) is 93.0 Å². The van der Waals surface area contributed by atoms with Crippen molar-refractivity contribution < 1.29 is 42.9 Å². The molecule has 0 saturated carbocycles. The van der Waals surface area contributed by atoms with Crippen molar-refractivity contribution in [3.63, 3.8) is 0 Å². The highest BCUT2D eigenvalue weighted by molar-refractivity contribution is 6.01. The normalized spacial score (nSPS) is 13.9. The van der Waals surface area contributed by atoms with Crippen molar-refractivity contribution in [1.29, 1.82) is 0 Å². The molecule has 0 saturated heterocycles. The number of carbonyl (C=O) groups excluding carboxylic acids is 4. The van der Waals surface area contributed by atoms with Gasteiger partial charge in [-0.25, -0.2) is 9.59 Å². The van der Waals surface area contributed by atoms with Crippen LogP contribution in [-0.4, -0.2) is 104 Å². The fraction of sp³-hybridized carbons (Fsp3) is 0.346. The highest BCUT2D eigenvalue weighted by Crippen LogP contribution is 2.57. The van der Waals surface area contributed by atoms with Crippen molar-refractivity contribution in [1.82, 2.24) is 16.0 Å². The molecule has 14 nitrogen and oxygen atoms in total. The molecule has 1 aliphatic carbocycles. The summed E-state index contributed by atoms with van der Waals surface area (Å²) in [6.45, 7) is 5.35. The molecular formula is C52H57N5O9. The molecule has 0 fully saturated rings. The van der Waals surface area contributed by atoms with Gasteiger partial charge in [0.05, 0.1) is 32.0 Å². The number of ether oxygens (including phenoxy) is 5. The number of benzene rings is 5. The molecule has 1 spiro atoms. The van der Waals surface area contributed by atoms with Crippen LogP contribution in [0.5, 0.6) is 11.5 Å². The minimum Gasteiger partial charge on any atom is -0.456 e. The number of rotatable bonds is 18. The second kappa shape index (κ2) is 19.3. The van der Waals surface area contributed by atoms with Crippen LogP contribution in [0.15, 0.2) is 103 Å². The van der Waals surface area contributed by atoms with E-state index in [0.717, 1.165) is 33.6 Å². The van der Waals surface area contributed by atoms with Crippen LogP contribution >= 0.6 is 0 Å². The van der Waals surface area contributed by atoms with Gasteiger partial charge in [-0.3, -0.25) is 9.59 Å². The molecule has 8 rings (SSSR count). The van der Waals surface area contributed by atoms with Crippen LogP contribution in [0.25, 0.3) is 11.1 Å². The van der Waals surface area contributed by atoms with Gasteiger partial charge < -0.3 is 49.4 Å². The van der Waals surface area contributed by atoms with Gasteiger partial charge in [-0.05, 0) is 77.6 Å². The first-order chi connectivity index (χ1) is 31.9. The van der Waals surface area contributed by atoms with Gasteiger partial charge >= 0.3 is 12.1 Å². The Hall–Kier alpha value is -6.90. The molecule has 0 unspecified atom stereocenters. The summed E-state index contributed by atoms with van der Waals surface area (Å²) < 4.78 is 30.0. The standard InChI is InChI=1S/C52H57N5O9/c1-7-51(8-2,55-50(61)64-32-41-38-15-11-9-13-36(38)37-14-10-12-16-39(37)41)49(60)54-24-26-63-28-27-62-25-23-53-47(58)33-17-20-40-44(29-33)52(66-48(40)59)42-21-18-34(56(3)4)30-45(42)65-46-31-35(57(5)6)19-22-43(46)52/h9-22,29-31,41H,7-8,23-28,32H2,1-6H3,(H,53,58)(H,54,60)(H,55,61). The highest BCUT2D eigenvalue weighted by Gasteiger charge is 2.54. The van der Waals surface area contributed by atoms with Crippen LogP contribution in [0.4, 0.5) is 16.2 Å². The topological polar surface area (TPSA) is 157 Å². The molecule has 66 heavy (non-hydrogen) atoms. The Bertz CT molecular complexity index is 2540. The predicted molar refractivity (Wildman–Crippen MR) is 252 cm³/mol. The van der Waals surface area contributed by atoms with Crippen molar-refractivity contribution in [3.8, 4) is 22.6 Å². The maximum Gasteiger partial charge on any atom is 0.408 e. The number of alkyl carbamates (subject to hydrolysis) is 1. The first-order valence-electron chi connectivity index (χ1n) is 22.4. The fourth-order valence-corrected chi connectivity index (χ4v) is 9.10. The molecule has 3 amide bonds. The lowest BCUT2D eigenvalue weighted by molar-refractivity contribution is -0.128. The molecule has 3 N–H and O–H groups in total. The Kier molecular flexibility index (Phi) is 13.3. The van der Waals surface area contributed by atoms with Crippen molar-refractivity contribution in [2.75, 3.05) is 84.1 Å². The first kappa shape index (κ1) is 45.7. The summed E-state index contributed by atoms with van der Waals surface area (Å²) in [7, 11) is 7.78. The second-order valence-corrected chi connectivity index (χ2v) is 17.1. The van der Waals surface area contributed by atoms with Gasteiger partial charge in [-0.1, -0.05) is 62.4 Å². The van der Waals surface area contributed by atoms with Gasteiger partial charge in [-0.2, -0.15) is 0 Å². The van der Waals surface area contributed by atoms with Crippen LogP contribution in [-0.2, 0) is 29.3 Å². The lowest BCUT2D eigenvalue weighted by Gasteiger charge is -2.37. The zero-order valence-electron chi connectivity index (χ0n) is 38.3. The van der Waals surface area contributed by atoms with E-state index in [1.165, 1.54) is 0 Å². The lowest BCUT2D eigenvalue weighted by atomic mass is 9.77. The van der Waals surface area contributed by atoms with E-state index < -0.39 is 23.2 Å². The Labute approximate surface area is 385 Å². The number of esters is 1. The second-order valence-electron chi connectivity index (χ2n) is 17.1. The Morgan fingerprint density at radius 3 is 1.79 bits per heavy atom. The fourth-order valence-electron chi connectivity index (χ4n) is 9.10. The third kappa shape index (κ3) is 8.65. The van der Waals surface area contributed by atoms with E-state index in [1.54, 1.807) is 18.2 Å². The molecule has 2 heterocycles. The number of anilines is 2. The molecule has 344 valence electrons. The van der Waals surface area contributed by atoms with Gasteiger partial charge in [0.15, 0.2) is 5.60 Å². The van der Waals surface area contributed by atoms with Crippen LogP contribution in [0, 0.1) is 0 Å². The largest absolute Gasteiger partial charge is 0.456 e. The molecule has 0 bridgehead atoms. The van der Waals surface area contributed by atoms with E-state index in [2.05, 4.69) is 40.2 Å². The summed E-state index contributed by atoms with van der Waals surface area (Å²) >= 11 is 0. The minimum absolute atomic E-state index is 0.0883. The third-order valence-electron chi connectivity index (χ3n) is 12.8. The lowest BCUT2D eigenvalue weighted by Crippen LogP contribution is -2.58. The zero-order valence-corrected chi connectivity index (χ0v) is 38.3. The molecule has 0 radical (unpaired) electrons. The Morgan fingerprint density at radius 2 is 1.23 bits per heavy atom. The molecule has 2 aliphatic heterocycles. The molecule has 3 aliphatic rings. The summed E-state index contributed by atoms with van der Waals surface area (Å²) in [4.78, 5) is 57.5. The number of carbonyl (C=O) groups is 4. The Balaban J connectivity index is 0.791.